The number of halogens is 3. The van der Waals surface area contributed by atoms with Crippen molar-refractivity contribution in [1.82, 2.24) is 20.7 Å². The highest BCUT2D eigenvalue weighted by atomic mass is 35.5. The van der Waals surface area contributed by atoms with Crippen LogP contribution in [0.5, 0.6) is 0 Å². The molecule has 0 unspecified atom stereocenters. The van der Waals surface area contributed by atoms with E-state index in [0.717, 1.165) is 0 Å². The molecule has 6 nitrogen and oxygen atoms in total. The maximum absolute atomic E-state index is 11.7. The van der Waals surface area contributed by atoms with Crippen molar-refractivity contribution in [3.63, 3.8) is 0 Å². The number of amides is 3. The van der Waals surface area contributed by atoms with Crippen LogP contribution in [0.2, 0.25) is 15.3 Å². The average molecular weight is 312 g/mol. The zero-order chi connectivity index (χ0) is 13.9. The molecule has 1 aromatic heterocycles. The van der Waals surface area contributed by atoms with E-state index in [0.29, 0.717) is 0 Å². The van der Waals surface area contributed by atoms with Crippen LogP contribution in [0, 0.1) is 0 Å². The molecule has 98 valence electrons. The third-order valence-electron chi connectivity index (χ3n) is 1.68. The molecule has 1 rings (SSSR count). The highest BCUT2D eigenvalue weighted by Crippen LogP contribution is 2.25. The Morgan fingerprint density at radius 3 is 2.39 bits per heavy atom. The highest BCUT2D eigenvalue weighted by molar-refractivity contribution is 6.41. The maximum Gasteiger partial charge on any atom is 0.336 e. The van der Waals surface area contributed by atoms with Gasteiger partial charge in [0.1, 0.15) is 10.3 Å². The Labute approximate surface area is 118 Å². The van der Waals surface area contributed by atoms with Crippen LogP contribution in [0.3, 0.4) is 0 Å². The molecule has 18 heavy (non-hydrogen) atoms. The zero-order valence-electron chi connectivity index (χ0n) is 9.42. The normalized spacial score (nSPS) is 10.3. The van der Waals surface area contributed by atoms with Crippen LogP contribution in [0.15, 0.2) is 6.07 Å². The van der Waals surface area contributed by atoms with Gasteiger partial charge in [0.05, 0.1) is 10.6 Å². The fourth-order valence-corrected chi connectivity index (χ4v) is 1.95. The van der Waals surface area contributed by atoms with Gasteiger partial charge in [0, 0.05) is 14.1 Å². The summed E-state index contributed by atoms with van der Waals surface area (Å²) in [5.41, 5.74) is 2.21. The van der Waals surface area contributed by atoms with E-state index >= 15 is 0 Å². The van der Waals surface area contributed by atoms with Gasteiger partial charge in [0.15, 0.2) is 0 Å². The lowest BCUT2D eigenvalue weighted by atomic mass is 10.2. The Morgan fingerprint density at radius 1 is 1.28 bits per heavy atom. The molecule has 1 aromatic rings. The molecule has 0 aliphatic rings. The van der Waals surface area contributed by atoms with E-state index in [4.69, 9.17) is 34.8 Å². The topological polar surface area (TPSA) is 74.3 Å². The number of nitrogens with zero attached hydrogens (tertiary/aromatic N) is 2. The van der Waals surface area contributed by atoms with Gasteiger partial charge >= 0.3 is 6.03 Å². The van der Waals surface area contributed by atoms with Crippen LogP contribution in [-0.2, 0) is 0 Å². The Hall–Kier alpha value is -1.08. The number of carbonyl (C=O) groups is 2. The van der Waals surface area contributed by atoms with Gasteiger partial charge in [-0.3, -0.25) is 15.5 Å². The molecule has 0 saturated heterocycles. The van der Waals surface area contributed by atoms with E-state index in [9.17, 15) is 9.59 Å². The molecule has 0 bridgehead atoms. The predicted molar refractivity (Wildman–Crippen MR) is 69.0 cm³/mol. The van der Waals surface area contributed by atoms with E-state index in [-0.39, 0.29) is 20.9 Å². The molecular formula is C9H9Cl3N4O2. The van der Waals surface area contributed by atoms with Gasteiger partial charge < -0.3 is 0 Å². The summed E-state index contributed by atoms with van der Waals surface area (Å²) in [6.07, 6.45) is 0. The average Bonchev–Trinajstić information content (AvgIpc) is 2.12. The minimum atomic E-state index is -0.770. The Kier molecular flexibility index (Phi) is 5.15. The zero-order valence-corrected chi connectivity index (χ0v) is 11.7. The number of carbonyl (C=O) groups excluding carboxylic acids is 2. The first kappa shape index (κ1) is 15.0. The van der Waals surface area contributed by atoms with Crippen molar-refractivity contribution >= 4 is 46.7 Å². The SMILES string of the molecule is CN(C)NC(=O)NC(=O)c1c(Cl)cc(Cl)nc1Cl. The Morgan fingerprint density at radius 2 is 1.89 bits per heavy atom. The predicted octanol–water partition coefficient (Wildman–Crippen LogP) is 1.96. The minimum Gasteiger partial charge on any atom is -0.273 e. The third kappa shape index (κ3) is 3.99. The highest BCUT2D eigenvalue weighted by Gasteiger charge is 2.19. The molecule has 3 amide bonds. The number of hydrogen-bond acceptors (Lipinski definition) is 4. The fraction of sp³-hybridized carbons (Fsp3) is 0.222. The van der Waals surface area contributed by atoms with Gasteiger partial charge in [0.25, 0.3) is 5.91 Å². The van der Waals surface area contributed by atoms with Crippen molar-refractivity contribution in [3.05, 3.63) is 27.0 Å². The van der Waals surface area contributed by atoms with Crippen LogP contribution in [-0.4, -0.2) is 36.0 Å². The molecule has 1 heterocycles. The van der Waals surface area contributed by atoms with Crippen LogP contribution in [0.4, 0.5) is 4.79 Å². The lowest BCUT2D eigenvalue weighted by Gasteiger charge is -2.12. The summed E-state index contributed by atoms with van der Waals surface area (Å²) in [5, 5.41) is 3.30. The number of urea groups is 1. The number of aromatic nitrogens is 1. The van der Waals surface area contributed by atoms with Crippen molar-refractivity contribution < 1.29 is 9.59 Å². The van der Waals surface area contributed by atoms with Crippen molar-refractivity contribution in [2.24, 2.45) is 0 Å². The molecule has 0 saturated carbocycles. The fourth-order valence-electron chi connectivity index (χ4n) is 1.06. The van der Waals surface area contributed by atoms with E-state index in [1.165, 1.54) is 11.1 Å². The molecule has 2 N–H and O–H groups in total. The first-order chi connectivity index (χ1) is 8.31. The molecule has 0 spiro atoms. The number of pyridine rings is 1. The summed E-state index contributed by atoms with van der Waals surface area (Å²) in [7, 11) is 3.18. The monoisotopic (exact) mass is 310 g/mol. The van der Waals surface area contributed by atoms with Gasteiger partial charge in [-0.25, -0.2) is 14.8 Å². The summed E-state index contributed by atoms with van der Waals surface area (Å²) in [5.74, 6) is -0.770. The van der Waals surface area contributed by atoms with Crippen LogP contribution in [0.1, 0.15) is 10.4 Å². The molecule has 0 fully saturated rings. The lowest BCUT2D eigenvalue weighted by molar-refractivity contribution is 0.0959. The number of hydrogen-bond donors (Lipinski definition) is 2. The van der Waals surface area contributed by atoms with Gasteiger partial charge in [-0.2, -0.15) is 0 Å². The number of rotatable bonds is 2. The standard InChI is InChI=1S/C9H9Cl3N4O2/c1-16(2)15-9(18)14-8(17)6-4(10)3-5(11)13-7(6)12/h3H,1-2H3,(H2,14,15,17,18). The number of hydrazine groups is 1. The molecular weight excluding hydrogens is 302 g/mol. The summed E-state index contributed by atoms with van der Waals surface area (Å²) in [4.78, 5) is 26.7. The summed E-state index contributed by atoms with van der Waals surface area (Å²) < 4.78 is 0. The van der Waals surface area contributed by atoms with Crippen molar-refractivity contribution in [2.75, 3.05) is 14.1 Å². The molecule has 0 atom stereocenters. The molecule has 0 aliphatic carbocycles. The van der Waals surface area contributed by atoms with E-state index in [1.807, 2.05) is 5.32 Å². The molecule has 0 aromatic carbocycles. The third-order valence-corrected chi connectivity index (χ3v) is 2.44. The largest absolute Gasteiger partial charge is 0.336 e. The van der Waals surface area contributed by atoms with Crippen molar-refractivity contribution in [1.29, 1.82) is 0 Å². The van der Waals surface area contributed by atoms with Crippen molar-refractivity contribution in [2.45, 2.75) is 0 Å². The quantitative estimate of drug-likeness (QED) is 0.647. The second-order valence-corrected chi connectivity index (χ2v) is 4.53. The van der Waals surface area contributed by atoms with Gasteiger partial charge in [-0.1, -0.05) is 34.8 Å². The molecule has 9 heteroatoms. The second-order valence-electron chi connectivity index (χ2n) is 3.38. The summed E-state index contributed by atoms with van der Waals surface area (Å²) in [6.45, 7) is 0. The van der Waals surface area contributed by atoms with E-state index in [1.54, 1.807) is 14.1 Å². The summed E-state index contributed by atoms with van der Waals surface area (Å²) in [6, 6.07) is 0.542. The minimum absolute atomic E-state index is 0.00940. The van der Waals surface area contributed by atoms with Gasteiger partial charge in [0.2, 0.25) is 0 Å². The Balaban J connectivity index is 2.88. The molecule has 0 aliphatic heterocycles. The second kappa shape index (κ2) is 6.19. The molecule has 0 radical (unpaired) electrons. The number of nitrogens with one attached hydrogen (secondary N) is 2. The number of imide groups is 1. The van der Waals surface area contributed by atoms with Crippen LogP contribution in [0.25, 0.3) is 0 Å². The van der Waals surface area contributed by atoms with Crippen LogP contribution < -0.4 is 10.7 Å². The lowest BCUT2D eigenvalue weighted by Crippen LogP contribution is -2.45. The van der Waals surface area contributed by atoms with E-state index in [2.05, 4.69) is 10.4 Å². The van der Waals surface area contributed by atoms with Crippen LogP contribution >= 0.6 is 34.8 Å². The summed E-state index contributed by atoms with van der Waals surface area (Å²) >= 11 is 17.1. The smallest absolute Gasteiger partial charge is 0.273 e. The maximum atomic E-state index is 11.7. The van der Waals surface area contributed by atoms with Crippen molar-refractivity contribution in [3.8, 4) is 0 Å². The first-order valence-corrected chi connectivity index (χ1v) is 5.75. The Bertz CT molecular complexity index is 470. The van der Waals surface area contributed by atoms with E-state index < -0.39 is 11.9 Å². The van der Waals surface area contributed by atoms with Gasteiger partial charge in [-0.05, 0) is 6.07 Å². The van der Waals surface area contributed by atoms with Gasteiger partial charge in [-0.15, -0.1) is 0 Å². The first-order valence-electron chi connectivity index (χ1n) is 4.62.